The van der Waals surface area contributed by atoms with Gasteiger partial charge in [-0.15, -0.1) is 0 Å². The maximum absolute atomic E-state index is 2.42. The molecule has 0 N–H and O–H groups in total. The van der Waals surface area contributed by atoms with Crippen LogP contribution < -0.4 is 4.90 Å². The number of nitrogens with zero attached hydrogens (tertiary/aromatic N) is 2. The number of hydrogen-bond acceptors (Lipinski definition) is 1. The van der Waals surface area contributed by atoms with Crippen LogP contribution in [0.3, 0.4) is 0 Å². The number of para-hydroxylation sites is 2. The number of aromatic nitrogens is 1. The van der Waals surface area contributed by atoms with E-state index in [-0.39, 0.29) is 0 Å². The Labute approximate surface area is 291 Å². The molecule has 0 fully saturated rings. The predicted octanol–water partition coefficient (Wildman–Crippen LogP) is 13.4. The van der Waals surface area contributed by atoms with E-state index in [0.29, 0.717) is 0 Å². The molecule has 0 saturated carbocycles. The SMILES string of the molecule is Cc1cccc(N(c2ccc(-c3ccc4ccc5cc6c(c7ccc3c4c57)c3ccccc3n6-c3ccccc3)cc2)c2cccc(C)c2)c1. The van der Waals surface area contributed by atoms with E-state index in [1.807, 2.05) is 0 Å². The third kappa shape index (κ3) is 4.35. The molecule has 2 nitrogen and oxygen atoms in total. The second kappa shape index (κ2) is 11.1. The zero-order valence-electron chi connectivity index (χ0n) is 28.1. The molecule has 2 heteroatoms. The van der Waals surface area contributed by atoms with E-state index in [1.165, 1.54) is 82.1 Å². The van der Waals surface area contributed by atoms with E-state index >= 15 is 0 Å². The summed E-state index contributed by atoms with van der Waals surface area (Å²) >= 11 is 0. The average molecular weight is 639 g/mol. The third-order valence-corrected chi connectivity index (χ3v) is 10.4. The van der Waals surface area contributed by atoms with Crippen molar-refractivity contribution in [1.29, 1.82) is 0 Å². The van der Waals surface area contributed by atoms with Gasteiger partial charge in [0.05, 0.1) is 11.0 Å². The quantitative estimate of drug-likeness (QED) is 0.170. The molecule has 9 aromatic carbocycles. The summed E-state index contributed by atoms with van der Waals surface area (Å²) < 4.78 is 2.42. The molecule has 0 saturated heterocycles. The summed E-state index contributed by atoms with van der Waals surface area (Å²) in [5, 5.41) is 10.4. The molecule has 0 unspecified atom stereocenters. The smallest absolute Gasteiger partial charge is 0.0553 e. The largest absolute Gasteiger partial charge is 0.310 e. The zero-order chi connectivity index (χ0) is 33.3. The fourth-order valence-electron chi connectivity index (χ4n) is 8.21. The lowest BCUT2D eigenvalue weighted by atomic mass is 9.88. The molecule has 1 heterocycles. The second-order valence-corrected chi connectivity index (χ2v) is 13.6. The van der Waals surface area contributed by atoms with Gasteiger partial charge in [-0.3, -0.25) is 0 Å². The van der Waals surface area contributed by atoms with Gasteiger partial charge >= 0.3 is 0 Å². The van der Waals surface area contributed by atoms with Crippen molar-refractivity contribution >= 4 is 71.2 Å². The van der Waals surface area contributed by atoms with E-state index in [4.69, 9.17) is 0 Å². The van der Waals surface area contributed by atoms with Crippen molar-refractivity contribution in [3.05, 3.63) is 181 Å². The molecular formula is C48H34N2. The van der Waals surface area contributed by atoms with Gasteiger partial charge in [-0.2, -0.15) is 0 Å². The number of fused-ring (bicyclic) bond motifs is 4. The summed E-state index contributed by atoms with van der Waals surface area (Å²) in [5.41, 5.74) is 12.1. The Balaban J connectivity index is 1.16. The molecule has 0 atom stereocenters. The lowest BCUT2D eigenvalue weighted by Crippen LogP contribution is -2.10. The van der Waals surface area contributed by atoms with Crippen LogP contribution in [0.15, 0.2) is 170 Å². The van der Waals surface area contributed by atoms with E-state index in [1.54, 1.807) is 0 Å². The zero-order valence-corrected chi connectivity index (χ0v) is 28.1. The van der Waals surface area contributed by atoms with E-state index in [2.05, 4.69) is 193 Å². The van der Waals surface area contributed by atoms with Crippen molar-refractivity contribution in [3.63, 3.8) is 0 Å². The molecule has 0 bridgehead atoms. The molecule has 0 aliphatic rings. The Kier molecular flexibility index (Phi) is 6.34. The average Bonchev–Trinajstić information content (AvgIpc) is 3.49. The first-order chi connectivity index (χ1) is 24.6. The summed E-state index contributed by atoms with van der Waals surface area (Å²) in [7, 11) is 0. The number of benzene rings is 9. The summed E-state index contributed by atoms with van der Waals surface area (Å²) in [4.78, 5) is 2.35. The van der Waals surface area contributed by atoms with Crippen molar-refractivity contribution in [1.82, 2.24) is 4.57 Å². The van der Waals surface area contributed by atoms with Crippen molar-refractivity contribution in [2.75, 3.05) is 4.90 Å². The van der Waals surface area contributed by atoms with Gasteiger partial charge in [0.1, 0.15) is 0 Å². The first kappa shape index (κ1) is 28.6. The third-order valence-electron chi connectivity index (χ3n) is 10.4. The fraction of sp³-hybridized carbons (Fsp3) is 0.0417. The van der Waals surface area contributed by atoms with Crippen LogP contribution in [-0.4, -0.2) is 4.57 Å². The number of rotatable bonds is 5. The van der Waals surface area contributed by atoms with E-state index in [0.717, 1.165) is 17.1 Å². The highest BCUT2D eigenvalue weighted by atomic mass is 15.1. The van der Waals surface area contributed by atoms with Gasteiger partial charge in [0, 0.05) is 33.5 Å². The number of anilines is 3. The molecule has 10 rings (SSSR count). The van der Waals surface area contributed by atoms with Crippen molar-refractivity contribution in [3.8, 4) is 16.8 Å². The van der Waals surface area contributed by atoms with Crippen LogP contribution in [-0.2, 0) is 0 Å². The van der Waals surface area contributed by atoms with Gasteiger partial charge in [-0.05, 0) is 129 Å². The standard InChI is InChI=1S/C48H34N2/c1-31-10-8-14-38(28-31)49(39-15-9-11-32(2)29-39)37-23-20-33(21-24-37)40-25-22-34-18-19-35-30-45-48(43-27-26-41(40)46(34)47(35)43)42-16-6-7-17-44(42)50(45)36-12-4-3-5-13-36/h3-30H,1-2H3. The van der Waals surface area contributed by atoms with Gasteiger partial charge in [-0.25, -0.2) is 0 Å². The first-order valence-electron chi connectivity index (χ1n) is 17.4. The molecule has 236 valence electrons. The Morgan fingerprint density at radius 3 is 1.78 bits per heavy atom. The van der Waals surface area contributed by atoms with Crippen LogP contribution in [0.2, 0.25) is 0 Å². The maximum atomic E-state index is 2.42. The molecule has 0 radical (unpaired) electrons. The summed E-state index contributed by atoms with van der Waals surface area (Å²) in [6.07, 6.45) is 0. The van der Waals surface area contributed by atoms with Gasteiger partial charge in [-0.1, -0.05) is 109 Å². The topological polar surface area (TPSA) is 8.17 Å². The molecule has 0 amide bonds. The lowest BCUT2D eigenvalue weighted by Gasteiger charge is -2.26. The Morgan fingerprint density at radius 1 is 0.400 bits per heavy atom. The number of aryl methyl sites for hydroxylation is 2. The molecule has 0 aliphatic heterocycles. The van der Waals surface area contributed by atoms with Gasteiger partial charge in [0.15, 0.2) is 0 Å². The second-order valence-electron chi connectivity index (χ2n) is 13.6. The Bertz CT molecular complexity index is 2830. The van der Waals surface area contributed by atoms with Crippen molar-refractivity contribution in [2.24, 2.45) is 0 Å². The highest BCUT2D eigenvalue weighted by molar-refractivity contribution is 6.34. The normalized spacial score (nSPS) is 11.8. The molecular weight excluding hydrogens is 605 g/mol. The predicted molar refractivity (Wildman–Crippen MR) is 214 cm³/mol. The van der Waals surface area contributed by atoms with Gasteiger partial charge in [0.25, 0.3) is 0 Å². The van der Waals surface area contributed by atoms with Crippen molar-refractivity contribution < 1.29 is 0 Å². The minimum atomic E-state index is 1.14. The number of hydrogen-bond donors (Lipinski definition) is 0. The van der Waals surface area contributed by atoms with Crippen LogP contribution in [0, 0.1) is 13.8 Å². The fourth-order valence-corrected chi connectivity index (χ4v) is 8.21. The summed E-state index contributed by atoms with van der Waals surface area (Å²) in [5.74, 6) is 0. The van der Waals surface area contributed by atoms with E-state index < -0.39 is 0 Å². The highest BCUT2D eigenvalue weighted by Gasteiger charge is 2.20. The Morgan fingerprint density at radius 2 is 1.04 bits per heavy atom. The van der Waals surface area contributed by atoms with Crippen molar-refractivity contribution in [2.45, 2.75) is 13.8 Å². The van der Waals surface area contributed by atoms with Crippen LogP contribution in [0.5, 0.6) is 0 Å². The minimum absolute atomic E-state index is 1.14. The van der Waals surface area contributed by atoms with Gasteiger partial charge in [0.2, 0.25) is 0 Å². The van der Waals surface area contributed by atoms with E-state index in [9.17, 15) is 0 Å². The van der Waals surface area contributed by atoms with Crippen LogP contribution in [0.25, 0.3) is 70.9 Å². The highest BCUT2D eigenvalue weighted by Crippen LogP contribution is 2.45. The summed E-state index contributed by atoms with van der Waals surface area (Å²) in [6.45, 7) is 4.31. The van der Waals surface area contributed by atoms with Gasteiger partial charge < -0.3 is 9.47 Å². The monoisotopic (exact) mass is 638 g/mol. The van der Waals surface area contributed by atoms with Crippen LogP contribution in [0.1, 0.15) is 11.1 Å². The summed E-state index contributed by atoms with van der Waals surface area (Å²) in [6, 6.07) is 62.5. The molecule has 10 aromatic rings. The minimum Gasteiger partial charge on any atom is -0.310 e. The van der Waals surface area contributed by atoms with Crippen LogP contribution >= 0.6 is 0 Å². The molecule has 1 aromatic heterocycles. The molecule has 0 aliphatic carbocycles. The lowest BCUT2D eigenvalue weighted by molar-refractivity contribution is 1.18. The maximum Gasteiger partial charge on any atom is 0.0553 e. The molecule has 0 spiro atoms. The molecule has 50 heavy (non-hydrogen) atoms. The first-order valence-corrected chi connectivity index (χ1v) is 17.4. The Hall–Kier alpha value is -6.38. The van der Waals surface area contributed by atoms with Crippen LogP contribution in [0.4, 0.5) is 17.1 Å².